The van der Waals surface area contributed by atoms with Gasteiger partial charge in [0.15, 0.2) is 10.8 Å². The van der Waals surface area contributed by atoms with Gasteiger partial charge >= 0.3 is 6.09 Å². The zero-order valence-electron chi connectivity index (χ0n) is 14.0. The molecule has 1 amide bonds. The highest BCUT2D eigenvalue weighted by molar-refractivity contribution is 7.15. The van der Waals surface area contributed by atoms with Crippen LogP contribution >= 0.6 is 11.3 Å². The van der Waals surface area contributed by atoms with Crippen LogP contribution < -0.4 is 5.32 Å². The average molecular weight is 379 g/mol. The number of anilines is 1. The summed E-state index contributed by atoms with van der Waals surface area (Å²) < 4.78 is 31.7. The van der Waals surface area contributed by atoms with E-state index in [2.05, 4.69) is 15.2 Å². The molecule has 0 radical (unpaired) electrons. The lowest BCUT2D eigenvalue weighted by molar-refractivity contribution is -0.0290. The third kappa shape index (κ3) is 3.57. The Bertz CT molecular complexity index is 776. The van der Waals surface area contributed by atoms with Gasteiger partial charge in [0, 0.05) is 6.54 Å². The van der Waals surface area contributed by atoms with Gasteiger partial charge in [-0.25, -0.2) is 18.6 Å². The molecule has 5 nitrogen and oxygen atoms in total. The fraction of sp³-hybridized carbons (Fsp3) is 0.444. The normalized spacial score (nSPS) is 24.7. The molecular formula is C18H19F2N3O2S. The number of carbonyl (C=O) groups excluding carboxylic acids is 1. The maximum absolute atomic E-state index is 13.1. The van der Waals surface area contributed by atoms with Gasteiger partial charge in [-0.15, -0.1) is 11.3 Å². The molecule has 4 heterocycles. The molecule has 3 aliphatic heterocycles. The summed E-state index contributed by atoms with van der Waals surface area (Å²) in [6.45, 7) is 2.84. The Balaban J connectivity index is 1.51. The lowest BCUT2D eigenvalue weighted by Gasteiger charge is -2.43. The van der Waals surface area contributed by atoms with Crippen LogP contribution in [0.5, 0.6) is 0 Å². The second-order valence-corrected chi connectivity index (χ2v) is 7.63. The van der Waals surface area contributed by atoms with E-state index in [1.807, 2.05) is 18.2 Å². The second kappa shape index (κ2) is 7.28. The molecule has 1 aromatic heterocycles. The van der Waals surface area contributed by atoms with Crippen LogP contribution in [0.1, 0.15) is 24.3 Å². The molecule has 2 bridgehead atoms. The fourth-order valence-corrected chi connectivity index (χ4v) is 4.49. The summed E-state index contributed by atoms with van der Waals surface area (Å²) in [7, 11) is 0. The molecule has 138 valence electrons. The van der Waals surface area contributed by atoms with Crippen LogP contribution in [0, 0.1) is 5.92 Å². The van der Waals surface area contributed by atoms with Crippen LogP contribution in [-0.2, 0) is 4.74 Å². The molecule has 3 aliphatic rings. The van der Waals surface area contributed by atoms with Crippen LogP contribution in [-0.4, -0.2) is 41.7 Å². The molecule has 3 saturated heterocycles. The Hall–Kier alpha value is -2.06. The van der Waals surface area contributed by atoms with E-state index in [0.29, 0.717) is 10.8 Å². The summed E-state index contributed by atoms with van der Waals surface area (Å²) in [4.78, 5) is 19.0. The van der Waals surface area contributed by atoms with Crippen LogP contribution in [0.3, 0.4) is 0 Å². The van der Waals surface area contributed by atoms with Crippen molar-refractivity contribution in [3.8, 4) is 10.4 Å². The molecule has 2 aromatic rings. The van der Waals surface area contributed by atoms with Gasteiger partial charge in [0.25, 0.3) is 6.43 Å². The number of hydrogen-bond donors (Lipinski definition) is 1. The molecule has 1 N–H and O–H groups in total. The number of nitrogens with one attached hydrogen (secondary N) is 1. The molecule has 26 heavy (non-hydrogen) atoms. The predicted octanol–water partition coefficient (Wildman–Crippen LogP) is 4.39. The molecule has 0 saturated carbocycles. The zero-order chi connectivity index (χ0) is 18.1. The summed E-state index contributed by atoms with van der Waals surface area (Å²) >= 11 is 0.881. The van der Waals surface area contributed by atoms with Crippen molar-refractivity contribution in [3.63, 3.8) is 0 Å². The Morgan fingerprint density at radius 3 is 2.62 bits per heavy atom. The Labute approximate surface area is 154 Å². The van der Waals surface area contributed by atoms with Gasteiger partial charge in [0.2, 0.25) is 0 Å². The van der Waals surface area contributed by atoms with Gasteiger partial charge in [0.1, 0.15) is 6.10 Å². The summed E-state index contributed by atoms with van der Waals surface area (Å²) in [6, 6.07) is 9.06. The van der Waals surface area contributed by atoms with E-state index in [4.69, 9.17) is 4.74 Å². The van der Waals surface area contributed by atoms with E-state index < -0.39 is 12.5 Å². The number of carbonyl (C=O) groups is 1. The maximum Gasteiger partial charge on any atom is 0.413 e. The van der Waals surface area contributed by atoms with Crippen molar-refractivity contribution < 1.29 is 18.3 Å². The number of amides is 1. The van der Waals surface area contributed by atoms with Crippen molar-refractivity contribution in [1.29, 1.82) is 0 Å². The minimum atomic E-state index is -2.68. The van der Waals surface area contributed by atoms with Crippen molar-refractivity contribution in [3.05, 3.63) is 35.3 Å². The highest BCUT2D eigenvalue weighted by Crippen LogP contribution is 2.38. The van der Waals surface area contributed by atoms with Gasteiger partial charge in [-0.05, 0) is 37.4 Å². The number of fused-ring (bicyclic) bond motifs is 3. The topological polar surface area (TPSA) is 54.5 Å². The Kier molecular flexibility index (Phi) is 4.86. The molecule has 0 unspecified atom stereocenters. The van der Waals surface area contributed by atoms with E-state index in [1.54, 1.807) is 12.1 Å². The monoisotopic (exact) mass is 379 g/mol. The lowest BCUT2D eigenvalue weighted by Crippen LogP contribution is -2.52. The van der Waals surface area contributed by atoms with E-state index in [9.17, 15) is 13.6 Å². The number of thiazole rings is 1. The predicted molar refractivity (Wildman–Crippen MR) is 95.6 cm³/mol. The largest absolute Gasteiger partial charge is 0.444 e. The second-order valence-electron chi connectivity index (χ2n) is 6.60. The molecular weight excluding hydrogens is 360 g/mol. The Morgan fingerprint density at radius 2 is 2.00 bits per heavy atom. The number of rotatable bonds is 4. The molecule has 8 heteroatoms. The van der Waals surface area contributed by atoms with Gasteiger partial charge in [-0.3, -0.25) is 10.2 Å². The van der Waals surface area contributed by atoms with E-state index in [-0.39, 0.29) is 16.9 Å². The molecule has 3 fully saturated rings. The van der Waals surface area contributed by atoms with Crippen molar-refractivity contribution in [1.82, 2.24) is 9.88 Å². The highest BCUT2D eigenvalue weighted by atomic mass is 32.1. The van der Waals surface area contributed by atoms with Gasteiger partial charge in [-0.2, -0.15) is 0 Å². The zero-order valence-corrected chi connectivity index (χ0v) is 14.8. The SMILES string of the molecule is O=C(Nc1nc(C(F)F)sc1-c1ccccc1)O[C@H]1CN2CCC1CC2. The van der Waals surface area contributed by atoms with Crippen LogP contribution in [0.15, 0.2) is 30.3 Å². The molecule has 0 spiro atoms. The number of ether oxygens (including phenoxy) is 1. The van der Waals surface area contributed by atoms with E-state index >= 15 is 0 Å². The number of halogens is 2. The van der Waals surface area contributed by atoms with Crippen LogP contribution in [0.25, 0.3) is 10.4 Å². The average Bonchev–Trinajstić information content (AvgIpc) is 3.07. The molecule has 1 atom stereocenters. The quantitative estimate of drug-likeness (QED) is 0.856. The number of aromatic nitrogens is 1. The first-order valence-electron chi connectivity index (χ1n) is 8.64. The van der Waals surface area contributed by atoms with Crippen molar-refractivity contribution >= 4 is 23.2 Å². The van der Waals surface area contributed by atoms with Crippen LogP contribution in [0.4, 0.5) is 19.4 Å². The summed E-state index contributed by atoms with van der Waals surface area (Å²) in [5.41, 5.74) is 0.732. The van der Waals surface area contributed by atoms with E-state index in [1.165, 1.54) is 0 Å². The van der Waals surface area contributed by atoms with Gasteiger partial charge < -0.3 is 4.74 Å². The third-order valence-corrected chi connectivity index (χ3v) is 6.05. The Morgan fingerprint density at radius 1 is 1.27 bits per heavy atom. The smallest absolute Gasteiger partial charge is 0.413 e. The standard InChI is InChI=1S/C18H19F2N3O2S/c19-15(20)17-21-16(14(26-17)12-4-2-1-3-5-12)22-18(24)25-13-10-23-8-6-11(13)7-9-23/h1-5,11,13,15H,6-10H2,(H,22,24)/t13-/m0/s1. The molecule has 0 aliphatic carbocycles. The number of nitrogens with zero attached hydrogens (tertiary/aromatic N) is 2. The minimum Gasteiger partial charge on any atom is -0.444 e. The number of alkyl halides is 2. The van der Waals surface area contributed by atoms with Crippen LogP contribution in [0.2, 0.25) is 0 Å². The number of piperidine rings is 3. The number of hydrogen-bond acceptors (Lipinski definition) is 5. The summed E-state index contributed by atoms with van der Waals surface area (Å²) in [5.74, 6) is 0.508. The minimum absolute atomic E-state index is 0.128. The fourth-order valence-electron chi connectivity index (χ4n) is 3.61. The maximum atomic E-state index is 13.1. The molecule has 5 rings (SSSR count). The first-order valence-corrected chi connectivity index (χ1v) is 9.46. The number of benzene rings is 1. The first kappa shape index (κ1) is 17.4. The highest BCUT2D eigenvalue weighted by Gasteiger charge is 2.36. The third-order valence-electron chi connectivity index (χ3n) is 4.94. The van der Waals surface area contributed by atoms with Crippen molar-refractivity contribution in [2.24, 2.45) is 5.92 Å². The van der Waals surface area contributed by atoms with Gasteiger partial charge in [-0.1, -0.05) is 30.3 Å². The summed E-state index contributed by atoms with van der Waals surface area (Å²) in [6.07, 6.45) is -1.41. The van der Waals surface area contributed by atoms with E-state index in [0.717, 1.165) is 49.4 Å². The van der Waals surface area contributed by atoms with Crippen molar-refractivity contribution in [2.75, 3.05) is 25.0 Å². The first-order chi connectivity index (χ1) is 12.6. The van der Waals surface area contributed by atoms with Gasteiger partial charge in [0.05, 0.1) is 4.88 Å². The van der Waals surface area contributed by atoms with Crippen molar-refractivity contribution in [2.45, 2.75) is 25.4 Å². The summed E-state index contributed by atoms with van der Waals surface area (Å²) in [5, 5.41) is 2.26. The lowest BCUT2D eigenvalue weighted by atomic mass is 9.86. The molecule has 1 aromatic carbocycles.